The summed E-state index contributed by atoms with van der Waals surface area (Å²) in [6, 6.07) is 0. The number of carboxylic acid groups (broad SMARTS) is 1. The molecule has 17 heavy (non-hydrogen) atoms. The second-order valence-electron chi connectivity index (χ2n) is 4.16. The molecule has 0 bridgehead atoms. The maximum absolute atomic E-state index is 11.9. The van der Waals surface area contributed by atoms with Gasteiger partial charge >= 0.3 is 5.97 Å². The lowest BCUT2D eigenvalue weighted by Gasteiger charge is -2.38. The van der Waals surface area contributed by atoms with Gasteiger partial charge in [0.15, 0.2) is 5.13 Å². The molecule has 0 aromatic carbocycles. The summed E-state index contributed by atoms with van der Waals surface area (Å²) >= 11 is 1.07. The number of nitrogen functional groups attached to an aromatic ring is 1. The lowest BCUT2D eigenvalue weighted by atomic mass is 9.76. The molecule has 7 heteroatoms. The van der Waals surface area contributed by atoms with Crippen LogP contribution in [0, 0.1) is 6.92 Å². The van der Waals surface area contributed by atoms with Crippen LogP contribution < -0.4 is 11.1 Å². The minimum atomic E-state index is -1.09. The van der Waals surface area contributed by atoms with Crippen LogP contribution >= 0.6 is 11.3 Å². The number of hydrogen-bond donors (Lipinski definition) is 3. The van der Waals surface area contributed by atoms with Crippen molar-refractivity contribution in [3.8, 4) is 0 Å². The molecule has 2 rings (SSSR count). The minimum Gasteiger partial charge on any atom is -0.480 e. The van der Waals surface area contributed by atoms with Gasteiger partial charge in [0, 0.05) is 0 Å². The van der Waals surface area contributed by atoms with Gasteiger partial charge in [0.05, 0.1) is 5.69 Å². The lowest BCUT2D eigenvalue weighted by molar-refractivity contribution is -0.148. The highest BCUT2D eigenvalue weighted by Crippen LogP contribution is 2.33. The fourth-order valence-corrected chi connectivity index (χ4v) is 2.55. The van der Waals surface area contributed by atoms with E-state index in [2.05, 4.69) is 10.3 Å². The van der Waals surface area contributed by atoms with Crippen LogP contribution in [0.5, 0.6) is 0 Å². The standard InChI is InChI=1S/C10H13N3O3S/c1-5-6(17-9(11)12-5)7(14)13-10(8(15)16)3-2-4-10/h2-4H2,1H3,(H2,11,12)(H,13,14)(H,15,16). The first kappa shape index (κ1) is 11.8. The molecule has 1 heterocycles. The van der Waals surface area contributed by atoms with Gasteiger partial charge in [-0.05, 0) is 26.2 Å². The van der Waals surface area contributed by atoms with Gasteiger partial charge in [-0.15, -0.1) is 0 Å². The third-order valence-corrected chi connectivity index (χ3v) is 3.97. The smallest absolute Gasteiger partial charge is 0.329 e. The van der Waals surface area contributed by atoms with Gasteiger partial charge in [-0.2, -0.15) is 0 Å². The van der Waals surface area contributed by atoms with Crippen LogP contribution in [0.25, 0.3) is 0 Å². The quantitative estimate of drug-likeness (QED) is 0.739. The first-order chi connectivity index (χ1) is 7.94. The summed E-state index contributed by atoms with van der Waals surface area (Å²) in [5, 5.41) is 12.0. The number of nitrogens with one attached hydrogen (secondary N) is 1. The first-order valence-electron chi connectivity index (χ1n) is 5.23. The molecule has 1 saturated carbocycles. The number of carboxylic acids is 1. The molecule has 1 aliphatic rings. The van der Waals surface area contributed by atoms with Gasteiger partial charge in [-0.1, -0.05) is 11.3 Å². The number of thiazole rings is 1. The Balaban J connectivity index is 2.17. The zero-order valence-corrected chi connectivity index (χ0v) is 10.1. The number of aromatic nitrogens is 1. The predicted molar refractivity (Wildman–Crippen MR) is 62.9 cm³/mol. The lowest BCUT2D eigenvalue weighted by Crippen LogP contribution is -2.59. The van der Waals surface area contributed by atoms with Crippen molar-refractivity contribution in [1.29, 1.82) is 0 Å². The molecular weight excluding hydrogens is 242 g/mol. The van der Waals surface area contributed by atoms with Crippen LogP contribution in [0.3, 0.4) is 0 Å². The van der Waals surface area contributed by atoms with Crippen molar-refractivity contribution in [3.63, 3.8) is 0 Å². The van der Waals surface area contributed by atoms with Crippen LogP contribution in [0.1, 0.15) is 34.6 Å². The Morgan fingerprint density at radius 2 is 2.18 bits per heavy atom. The van der Waals surface area contributed by atoms with E-state index in [1.54, 1.807) is 6.92 Å². The Labute approximate surface area is 102 Å². The number of rotatable bonds is 3. The summed E-state index contributed by atoms with van der Waals surface area (Å²) in [6.45, 7) is 1.68. The second-order valence-corrected chi connectivity index (χ2v) is 5.19. The molecule has 6 nitrogen and oxygen atoms in total. The maximum Gasteiger partial charge on any atom is 0.329 e. The summed E-state index contributed by atoms with van der Waals surface area (Å²) in [4.78, 5) is 27.4. The van der Waals surface area contributed by atoms with Gasteiger partial charge in [0.1, 0.15) is 10.4 Å². The fraction of sp³-hybridized carbons (Fsp3) is 0.500. The molecule has 92 valence electrons. The van der Waals surface area contributed by atoms with Gasteiger partial charge in [-0.25, -0.2) is 9.78 Å². The number of aryl methyl sites for hydroxylation is 1. The van der Waals surface area contributed by atoms with E-state index in [0.717, 1.165) is 17.8 Å². The van der Waals surface area contributed by atoms with Crippen molar-refractivity contribution >= 4 is 28.3 Å². The number of hydrogen-bond acceptors (Lipinski definition) is 5. The van der Waals surface area contributed by atoms with E-state index < -0.39 is 17.4 Å². The summed E-state index contributed by atoms with van der Waals surface area (Å²) in [7, 11) is 0. The molecule has 1 aromatic heterocycles. The van der Waals surface area contributed by atoms with Crippen LogP contribution in [0.15, 0.2) is 0 Å². The Morgan fingerprint density at radius 3 is 2.53 bits per heavy atom. The molecule has 0 radical (unpaired) electrons. The van der Waals surface area contributed by atoms with E-state index in [9.17, 15) is 9.59 Å². The van der Waals surface area contributed by atoms with Crippen LogP contribution in [0.2, 0.25) is 0 Å². The topological polar surface area (TPSA) is 105 Å². The average Bonchev–Trinajstić information content (AvgIpc) is 2.50. The molecule has 0 atom stereocenters. The zero-order valence-electron chi connectivity index (χ0n) is 9.32. The van der Waals surface area contributed by atoms with Gasteiger partial charge < -0.3 is 16.2 Å². The molecule has 0 spiro atoms. The Hall–Kier alpha value is -1.63. The van der Waals surface area contributed by atoms with Gasteiger partial charge in [0.25, 0.3) is 5.91 Å². The third-order valence-electron chi connectivity index (χ3n) is 2.99. The van der Waals surface area contributed by atoms with Crippen molar-refractivity contribution in [2.45, 2.75) is 31.7 Å². The van der Waals surface area contributed by atoms with Crippen molar-refractivity contribution in [2.24, 2.45) is 0 Å². The molecule has 0 aliphatic heterocycles. The van der Waals surface area contributed by atoms with Gasteiger partial charge in [0.2, 0.25) is 0 Å². The number of anilines is 1. The van der Waals surface area contributed by atoms with Gasteiger partial charge in [-0.3, -0.25) is 4.79 Å². The van der Waals surface area contributed by atoms with Crippen molar-refractivity contribution < 1.29 is 14.7 Å². The SMILES string of the molecule is Cc1nc(N)sc1C(=O)NC1(C(=O)O)CCC1. The highest BCUT2D eigenvalue weighted by atomic mass is 32.1. The van der Waals surface area contributed by atoms with E-state index in [0.29, 0.717) is 28.5 Å². The van der Waals surface area contributed by atoms with Crippen molar-refractivity contribution in [2.75, 3.05) is 5.73 Å². The van der Waals surface area contributed by atoms with Crippen molar-refractivity contribution in [1.82, 2.24) is 10.3 Å². The minimum absolute atomic E-state index is 0.311. The predicted octanol–water partition coefficient (Wildman–Crippen LogP) is 0.771. The molecule has 1 fully saturated rings. The number of carbonyl (C=O) groups is 2. The molecular formula is C10H13N3O3S. The molecule has 0 saturated heterocycles. The Kier molecular flexibility index (Phi) is 2.78. The normalized spacial score (nSPS) is 17.2. The summed E-state index contributed by atoms with van der Waals surface area (Å²) in [5.41, 5.74) is 4.94. The van der Waals surface area contributed by atoms with Crippen LogP contribution in [0.4, 0.5) is 5.13 Å². The third kappa shape index (κ3) is 1.97. The van der Waals surface area contributed by atoms with E-state index in [-0.39, 0.29) is 0 Å². The monoisotopic (exact) mass is 255 g/mol. The summed E-state index contributed by atoms with van der Waals surface area (Å²) in [5.74, 6) is -1.38. The van der Waals surface area contributed by atoms with Crippen LogP contribution in [-0.2, 0) is 4.79 Å². The molecule has 4 N–H and O–H groups in total. The number of nitrogens with zero attached hydrogens (tertiary/aromatic N) is 1. The van der Waals surface area contributed by atoms with E-state index in [1.807, 2.05) is 0 Å². The molecule has 1 aliphatic carbocycles. The second kappa shape index (κ2) is 3.99. The Bertz CT molecular complexity index is 479. The summed E-state index contributed by atoms with van der Waals surface area (Å²) < 4.78 is 0. The maximum atomic E-state index is 11.9. The number of aliphatic carboxylic acids is 1. The largest absolute Gasteiger partial charge is 0.480 e. The van der Waals surface area contributed by atoms with E-state index in [1.165, 1.54) is 0 Å². The highest BCUT2D eigenvalue weighted by molar-refractivity contribution is 7.17. The van der Waals surface area contributed by atoms with Crippen LogP contribution in [-0.4, -0.2) is 27.5 Å². The fourth-order valence-electron chi connectivity index (χ4n) is 1.82. The Morgan fingerprint density at radius 1 is 1.53 bits per heavy atom. The van der Waals surface area contributed by atoms with E-state index in [4.69, 9.17) is 10.8 Å². The number of carbonyl (C=O) groups excluding carboxylic acids is 1. The average molecular weight is 255 g/mol. The zero-order chi connectivity index (χ0) is 12.6. The molecule has 0 unspecified atom stereocenters. The van der Waals surface area contributed by atoms with E-state index >= 15 is 0 Å². The number of nitrogens with two attached hydrogens (primary N) is 1. The molecule has 1 aromatic rings. The number of amides is 1. The first-order valence-corrected chi connectivity index (χ1v) is 6.05. The summed E-state index contributed by atoms with van der Waals surface area (Å²) in [6.07, 6.45) is 1.76. The van der Waals surface area contributed by atoms with Crippen molar-refractivity contribution in [3.05, 3.63) is 10.6 Å². The molecule has 1 amide bonds. The highest BCUT2D eigenvalue weighted by Gasteiger charge is 2.46.